The Bertz CT molecular complexity index is 425. The fourth-order valence-corrected chi connectivity index (χ4v) is 2.16. The van der Waals surface area contributed by atoms with Gasteiger partial charge in [0.2, 0.25) is 5.91 Å². The molecule has 0 aromatic heterocycles. The van der Waals surface area contributed by atoms with E-state index in [1.54, 1.807) is 4.90 Å². The maximum Gasteiger partial charge on any atom is 0.222 e. The number of rotatable bonds is 6. The molecule has 0 bridgehead atoms. The first-order valence-corrected chi connectivity index (χ1v) is 6.98. The lowest BCUT2D eigenvalue weighted by Gasteiger charge is -2.21. The SMILES string of the molecule is CCC(CN)CC(=O)N(C)Cc1ccc(C)cc1C. The summed E-state index contributed by atoms with van der Waals surface area (Å²) < 4.78 is 0. The van der Waals surface area contributed by atoms with Crippen LogP contribution in [0.15, 0.2) is 18.2 Å². The largest absolute Gasteiger partial charge is 0.341 e. The minimum absolute atomic E-state index is 0.178. The number of carbonyl (C=O) groups excluding carboxylic acids is 1. The highest BCUT2D eigenvalue weighted by atomic mass is 16.2. The molecule has 1 unspecified atom stereocenters. The molecular formula is C16H26N2O. The molecule has 3 heteroatoms. The average Bonchev–Trinajstić information content (AvgIpc) is 2.38. The van der Waals surface area contributed by atoms with Crippen molar-refractivity contribution in [3.63, 3.8) is 0 Å². The Hall–Kier alpha value is -1.35. The van der Waals surface area contributed by atoms with E-state index in [0.29, 0.717) is 25.4 Å². The lowest BCUT2D eigenvalue weighted by molar-refractivity contribution is -0.131. The predicted molar refractivity (Wildman–Crippen MR) is 79.8 cm³/mol. The second-order valence-electron chi connectivity index (χ2n) is 5.39. The number of amides is 1. The van der Waals surface area contributed by atoms with Crippen LogP contribution in [0.4, 0.5) is 0 Å². The van der Waals surface area contributed by atoms with Gasteiger partial charge < -0.3 is 10.6 Å². The Morgan fingerprint density at radius 1 is 1.37 bits per heavy atom. The molecule has 2 N–H and O–H groups in total. The van der Waals surface area contributed by atoms with Crippen LogP contribution in [0.25, 0.3) is 0 Å². The van der Waals surface area contributed by atoms with E-state index in [2.05, 4.69) is 39.0 Å². The van der Waals surface area contributed by atoms with Gasteiger partial charge in [-0.15, -0.1) is 0 Å². The molecule has 0 aliphatic heterocycles. The maximum atomic E-state index is 12.1. The summed E-state index contributed by atoms with van der Waals surface area (Å²) in [6.45, 7) is 7.51. The molecule has 106 valence electrons. The first-order valence-electron chi connectivity index (χ1n) is 6.98. The lowest BCUT2D eigenvalue weighted by atomic mass is 10.0. The van der Waals surface area contributed by atoms with Crippen molar-refractivity contribution in [3.05, 3.63) is 34.9 Å². The van der Waals surface area contributed by atoms with Crippen molar-refractivity contribution in [3.8, 4) is 0 Å². The quantitative estimate of drug-likeness (QED) is 0.856. The highest BCUT2D eigenvalue weighted by molar-refractivity contribution is 5.76. The van der Waals surface area contributed by atoms with Gasteiger partial charge in [0.15, 0.2) is 0 Å². The van der Waals surface area contributed by atoms with E-state index < -0.39 is 0 Å². The van der Waals surface area contributed by atoms with Crippen LogP contribution in [0.5, 0.6) is 0 Å². The van der Waals surface area contributed by atoms with Gasteiger partial charge in [0, 0.05) is 20.0 Å². The minimum Gasteiger partial charge on any atom is -0.341 e. The van der Waals surface area contributed by atoms with Crippen molar-refractivity contribution in [2.24, 2.45) is 11.7 Å². The zero-order valence-electron chi connectivity index (χ0n) is 12.6. The molecule has 1 atom stereocenters. The van der Waals surface area contributed by atoms with E-state index in [0.717, 1.165) is 6.42 Å². The van der Waals surface area contributed by atoms with Gasteiger partial charge in [0.05, 0.1) is 0 Å². The third-order valence-electron chi connectivity index (χ3n) is 3.71. The summed E-state index contributed by atoms with van der Waals surface area (Å²) in [4.78, 5) is 13.9. The summed E-state index contributed by atoms with van der Waals surface area (Å²) in [6, 6.07) is 6.35. The Balaban J connectivity index is 2.63. The van der Waals surface area contributed by atoms with Crippen molar-refractivity contribution in [1.82, 2.24) is 4.90 Å². The smallest absolute Gasteiger partial charge is 0.222 e. The topological polar surface area (TPSA) is 46.3 Å². The minimum atomic E-state index is 0.178. The monoisotopic (exact) mass is 262 g/mol. The van der Waals surface area contributed by atoms with Crippen molar-refractivity contribution in [2.45, 2.75) is 40.2 Å². The van der Waals surface area contributed by atoms with Crippen LogP contribution >= 0.6 is 0 Å². The summed E-state index contributed by atoms with van der Waals surface area (Å²) >= 11 is 0. The van der Waals surface area contributed by atoms with Crippen molar-refractivity contribution >= 4 is 5.91 Å². The van der Waals surface area contributed by atoms with E-state index in [-0.39, 0.29) is 5.91 Å². The molecule has 19 heavy (non-hydrogen) atoms. The van der Waals surface area contributed by atoms with Crippen LogP contribution < -0.4 is 5.73 Å². The predicted octanol–water partition coefficient (Wildman–Crippen LogP) is 2.64. The van der Waals surface area contributed by atoms with Gasteiger partial charge in [-0.25, -0.2) is 0 Å². The Kier molecular flexibility index (Phi) is 6.03. The Labute approximate surface area is 116 Å². The first kappa shape index (κ1) is 15.7. The molecule has 0 fully saturated rings. The molecular weight excluding hydrogens is 236 g/mol. The number of nitrogens with two attached hydrogens (primary N) is 1. The highest BCUT2D eigenvalue weighted by Crippen LogP contribution is 2.14. The van der Waals surface area contributed by atoms with Crippen molar-refractivity contribution < 1.29 is 4.79 Å². The molecule has 1 aromatic rings. The van der Waals surface area contributed by atoms with E-state index in [4.69, 9.17) is 5.73 Å². The van der Waals surface area contributed by atoms with Gasteiger partial charge in [0.1, 0.15) is 0 Å². The van der Waals surface area contributed by atoms with Crippen LogP contribution in [0.3, 0.4) is 0 Å². The second kappa shape index (κ2) is 7.29. The summed E-state index contributed by atoms with van der Waals surface area (Å²) in [5.74, 6) is 0.478. The molecule has 0 heterocycles. The number of hydrogen-bond acceptors (Lipinski definition) is 2. The third kappa shape index (κ3) is 4.67. The Morgan fingerprint density at radius 2 is 2.05 bits per heavy atom. The Morgan fingerprint density at radius 3 is 2.58 bits per heavy atom. The molecule has 0 aliphatic carbocycles. The number of hydrogen-bond donors (Lipinski definition) is 1. The van der Waals surface area contributed by atoms with Gasteiger partial charge in [0.25, 0.3) is 0 Å². The molecule has 1 rings (SSSR count). The van der Waals surface area contributed by atoms with Gasteiger partial charge >= 0.3 is 0 Å². The number of benzene rings is 1. The summed E-state index contributed by atoms with van der Waals surface area (Å²) in [5, 5.41) is 0. The number of carbonyl (C=O) groups is 1. The second-order valence-corrected chi connectivity index (χ2v) is 5.39. The third-order valence-corrected chi connectivity index (χ3v) is 3.71. The van der Waals surface area contributed by atoms with Gasteiger partial charge in [-0.2, -0.15) is 0 Å². The summed E-state index contributed by atoms with van der Waals surface area (Å²) in [6.07, 6.45) is 1.51. The zero-order valence-corrected chi connectivity index (χ0v) is 12.6. The fourth-order valence-electron chi connectivity index (χ4n) is 2.16. The number of aryl methyl sites for hydroxylation is 2. The summed E-state index contributed by atoms with van der Waals surface area (Å²) in [7, 11) is 1.87. The number of nitrogens with zero attached hydrogens (tertiary/aromatic N) is 1. The molecule has 0 spiro atoms. The first-order chi connectivity index (χ1) is 8.97. The van der Waals surface area contributed by atoms with Crippen molar-refractivity contribution in [1.29, 1.82) is 0 Å². The standard InChI is InChI=1S/C16H26N2O/c1-5-14(10-17)9-16(19)18(4)11-15-7-6-12(2)8-13(15)3/h6-8,14H,5,9-11,17H2,1-4H3. The normalized spacial score (nSPS) is 12.3. The molecule has 3 nitrogen and oxygen atoms in total. The van der Waals surface area contributed by atoms with Crippen LogP contribution in [0, 0.1) is 19.8 Å². The fraction of sp³-hybridized carbons (Fsp3) is 0.562. The van der Waals surface area contributed by atoms with E-state index in [9.17, 15) is 4.79 Å². The molecule has 1 aromatic carbocycles. The maximum absolute atomic E-state index is 12.1. The summed E-state index contributed by atoms with van der Waals surface area (Å²) in [5.41, 5.74) is 9.36. The molecule has 1 amide bonds. The average molecular weight is 262 g/mol. The van der Waals surface area contributed by atoms with Gasteiger partial charge in [-0.05, 0) is 37.4 Å². The molecule has 0 radical (unpaired) electrons. The van der Waals surface area contributed by atoms with Gasteiger partial charge in [-0.1, -0.05) is 37.1 Å². The van der Waals surface area contributed by atoms with Gasteiger partial charge in [-0.3, -0.25) is 4.79 Å². The molecule has 0 saturated heterocycles. The molecule has 0 saturated carbocycles. The molecule has 0 aliphatic rings. The van der Waals surface area contributed by atoms with Crippen LogP contribution in [0.1, 0.15) is 36.5 Å². The lowest BCUT2D eigenvalue weighted by Crippen LogP contribution is -2.30. The van der Waals surface area contributed by atoms with Crippen LogP contribution in [-0.2, 0) is 11.3 Å². The van der Waals surface area contributed by atoms with E-state index >= 15 is 0 Å². The van der Waals surface area contributed by atoms with Crippen LogP contribution in [-0.4, -0.2) is 24.4 Å². The highest BCUT2D eigenvalue weighted by Gasteiger charge is 2.15. The van der Waals surface area contributed by atoms with Crippen molar-refractivity contribution in [2.75, 3.05) is 13.6 Å². The van der Waals surface area contributed by atoms with E-state index in [1.165, 1.54) is 16.7 Å². The zero-order chi connectivity index (χ0) is 14.4. The van der Waals surface area contributed by atoms with E-state index in [1.807, 2.05) is 7.05 Å². The van der Waals surface area contributed by atoms with Crippen LogP contribution in [0.2, 0.25) is 0 Å².